The molecular formula is C26H33ClN4O2S. The summed E-state index contributed by atoms with van der Waals surface area (Å²) in [6.45, 7) is 5.50. The van der Waals surface area contributed by atoms with Crippen LogP contribution in [0.4, 0.5) is 5.69 Å². The molecular weight excluding hydrogens is 468 g/mol. The highest BCUT2D eigenvalue weighted by Crippen LogP contribution is 2.27. The van der Waals surface area contributed by atoms with Crippen molar-refractivity contribution in [3.05, 3.63) is 53.6 Å². The number of ether oxygens (including phenoxy) is 1. The second-order valence-corrected chi connectivity index (χ2v) is 9.38. The summed E-state index contributed by atoms with van der Waals surface area (Å²) in [7, 11) is 0. The Labute approximate surface area is 211 Å². The Morgan fingerprint density at radius 1 is 1.00 bits per heavy atom. The van der Waals surface area contributed by atoms with Gasteiger partial charge in [0.25, 0.3) is 0 Å². The number of rotatable bonds is 14. The van der Waals surface area contributed by atoms with Crippen molar-refractivity contribution in [2.24, 2.45) is 0 Å². The van der Waals surface area contributed by atoms with Crippen LogP contribution in [0.25, 0.3) is 11.4 Å². The summed E-state index contributed by atoms with van der Waals surface area (Å²) in [5, 5.41) is 13.2. The first kappa shape index (κ1) is 26.1. The number of nitrogens with zero attached hydrogens (tertiary/aromatic N) is 3. The van der Waals surface area contributed by atoms with Crippen LogP contribution in [-0.4, -0.2) is 33.0 Å². The lowest BCUT2D eigenvalue weighted by molar-refractivity contribution is -0.113. The lowest BCUT2D eigenvalue weighted by Crippen LogP contribution is -2.15. The summed E-state index contributed by atoms with van der Waals surface area (Å²) in [5.41, 5.74) is 1.63. The molecule has 0 saturated carbocycles. The largest absolute Gasteiger partial charge is 0.492 e. The van der Waals surface area contributed by atoms with Gasteiger partial charge in [0.15, 0.2) is 11.0 Å². The van der Waals surface area contributed by atoms with Crippen molar-refractivity contribution in [2.75, 3.05) is 17.7 Å². The molecule has 0 bridgehead atoms. The lowest BCUT2D eigenvalue weighted by atomic mass is 10.1. The van der Waals surface area contributed by atoms with Crippen LogP contribution in [0.5, 0.6) is 5.75 Å². The maximum Gasteiger partial charge on any atom is 0.234 e. The monoisotopic (exact) mass is 500 g/mol. The van der Waals surface area contributed by atoms with E-state index < -0.39 is 0 Å². The Bertz CT molecular complexity index is 1040. The number of halogens is 1. The summed E-state index contributed by atoms with van der Waals surface area (Å²) in [6.07, 6.45) is 7.24. The number of nitrogens with one attached hydrogen (secondary N) is 1. The topological polar surface area (TPSA) is 69.0 Å². The molecule has 6 nitrogen and oxygen atoms in total. The minimum atomic E-state index is -0.112. The Morgan fingerprint density at radius 3 is 2.50 bits per heavy atom. The molecule has 8 heteroatoms. The van der Waals surface area contributed by atoms with E-state index in [9.17, 15) is 4.79 Å². The smallest absolute Gasteiger partial charge is 0.234 e. The van der Waals surface area contributed by atoms with Crippen LogP contribution in [0.15, 0.2) is 53.7 Å². The normalized spacial score (nSPS) is 10.9. The highest BCUT2D eigenvalue weighted by atomic mass is 35.5. The average molecular weight is 501 g/mol. The van der Waals surface area contributed by atoms with E-state index in [1.807, 2.05) is 55.5 Å². The summed E-state index contributed by atoms with van der Waals surface area (Å²) in [4.78, 5) is 12.7. The van der Waals surface area contributed by atoms with Crippen LogP contribution in [0, 0.1) is 0 Å². The van der Waals surface area contributed by atoms with E-state index in [0.29, 0.717) is 23.1 Å². The van der Waals surface area contributed by atoms with Gasteiger partial charge in [0, 0.05) is 17.1 Å². The third-order valence-electron chi connectivity index (χ3n) is 5.35. The van der Waals surface area contributed by atoms with Crippen molar-refractivity contribution in [1.82, 2.24) is 14.8 Å². The van der Waals surface area contributed by atoms with Gasteiger partial charge < -0.3 is 14.6 Å². The maximum atomic E-state index is 12.7. The minimum Gasteiger partial charge on any atom is -0.492 e. The second-order valence-electron chi connectivity index (χ2n) is 8.00. The molecule has 0 atom stereocenters. The molecule has 1 aromatic heterocycles. The van der Waals surface area contributed by atoms with Crippen LogP contribution < -0.4 is 10.1 Å². The average Bonchev–Trinajstić information content (AvgIpc) is 3.24. The van der Waals surface area contributed by atoms with Crippen LogP contribution in [0.2, 0.25) is 5.02 Å². The Morgan fingerprint density at radius 2 is 1.74 bits per heavy atom. The van der Waals surface area contributed by atoms with Crippen molar-refractivity contribution in [3.63, 3.8) is 0 Å². The number of aromatic nitrogens is 3. The van der Waals surface area contributed by atoms with E-state index in [1.54, 1.807) is 0 Å². The van der Waals surface area contributed by atoms with Gasteiger partial charge in [-0.25, -0.2) is 0 Å². The Balaban J connectivity index is 1.67. The SMILES string of the molecule is CCCCCCCCn1c(SCC(=O)Nc2ccccc2OCC)nnc1-c1ccc(Cl)cc1. The molecule has 0 radical (unpaired) electrons. The standard InChI is InChI=1S/C26H33ClN4O2S/c1-3-5-6-7-8-11-18-31-25(20-14-16-21(27)17-15-20)29-30-26(31)34-19-24(32)28-22-12-9-10-13-23(22)33-4-2/h9-10,12-17H,3-8,11,18-19H2,1-2H3,(H,28,32). The number of hydrogen-bond acceptors (Lipinski definition) is 5. The van der Waals surface area contributed by atoms with Gasteiger partial charge in [0.1, 0.15) is 5.75 Å². The number of carbonyl (C=O) groups excluding carboxylic acids is 1. The number of unbranched alkanes of at least 4 members (excludes halogenated alkanes) is 5. The number of amides is 1. The van der Waals surface area contributed by atoms with Gasteiger partial charge in [0.05, 0.1) is 18.0 Å². The second kappa shape index (κ2) is 14.0. The van der Waals surface area contributed by atoms with Crippen LogP contribution in [0.3, 0.4) is 0 Å². The molecule has 182 valence electrons. The van der Waals surface area contributed by atoms with E-state index in [2.05, 4.69) is 27.0 Å². The highest BCUT2D eigenvalue weighted by Gasteiger charge is 2.16. The number of anilines is 1. The van der Waals surface area contributed by atoms with E-state index in [4.69, 9.17) is 16.3 Å². The van der Waals surface area contributed by atoms with Crippen molar-refractivity contribution < 1.29 is 9.53 Å². The van der Waals surface area contributed by atoms with Crippen molar-refractivity contribution in [2.45, 2.75) is 64.1 Å². The fourth-order valence-electron chi connectivity index (χ4n) is 3.63. The minimum absolute atomic E-state index is 0.112. The molecule has 34 heavy (non-hydrogen) atoms. The number of para-hydroxylation sites is 2. The van der Waals surface area contributed by atoms with Gasteiger partial charge in [-0.05, 0) is 49.7 Å². The molecule has 1 amide bonds. The van der Waals surface area contributed by atoms with Crippen molar-refractivity contribution in [1.29, 1.82) is 0 Å². The summed E-state index contributed by atoms with van der Waals surface area (Å²) in [5.74, 6) is 1.59. The van der Waals surface area contributed by atoms with Gasteiger partial charge in [-0.3, -0.25) is 4.79 Å². The Hall–Kier alpha value is -2.51. The maximum absolute atomic E-state index is 12.7. The van der Waals surface area contributed by atoms with E-state index in [0.717, 1.165) is 35.9 Å². The molecule has 0 unspecified atom stereocenters. The number of benzene rings is 2. The quantitative estimate of drug-likeness (QED) is 0.189. The first-order valence-electron chi connectivity index (χ1n) is 12.0. The fourth-order valence-corrected chi connectivity index (χ4v) is 4.52. The fraction of sp³-hybridized carbons (Fsp3) is 0.423. The molecule has 0 aliphatic heterocycles. The summed E-state index contributed by atoms with van der Waals surface area (Å²) in [6, 6.07) is 15.1. The predicted octanol–water partition coefficient (Wildman–Crippen LogP) is 7.09. The zero-order valence-electron chi connectivity index (χ0n) is 19.9. The number of thioether (sulfide) groups is 1. The number of carbonyl (C=O) groups is 1. The van der Waals surface area contributed by atoms with Gasteiger partial charge in [-0.1, -0.05) is 74.5 Å². The molecule has 0 aliphatic carbocycles. The lowest BCUT2D eigenvalue weighted by Gasteiger charge is -2.12. The molecule has 0 fully saturated rings. The number of hydrogen-bond donors (Lipinski definition) is 1. The van der Waals surface area contributed by atoms with E-state index >= 15 is 0 Å². The van der Waals surface area contributed by atoms with Crippen LogP contribution in [-0.2, 0) is 11.3 Å². The van der Waals surface area contributed by atoms with Gasteiger partial charge >= 0.3 is 0 Å². The third-order valence-corrected chi connectivity index (χ3v) is 6.57. The van der Waals surface area contributed by atoms with Crippen molar-refractivity contribution in [3.8, 4) is 17.1 Å². The molecule has 1 heterocycles. The van der Waals surface area contributed by atoms with Crippen LogP contribution in [0.1, 0.15) is 52.4 Å². The molecule has 0 spiro atoms. The molecule has 3 rings (SSSR count). The molecule has 1 N–H and O–H groups in total. The van der Waals surface area contributed by atoms with Gasteiger partial charge in [0.2, 0.25) is 5.91 Å². The first-order chi connectivity index (χ1) is 16.6. The van der Waals surface area contributed by atoms with Crippen LogP contribution >= 0.6 is 23.4 Å². The van der Waals surface area contributed by atoms with E-state index in [1.165, 1.54) is 37.4 Å². The zero-order chi connectivity index (χ0) is 24.2. The highest BCUT2D eigenvalue weighted by molar-refractivity contribution is 7.99. The molecule has 2 aromatic carbocycles. The van der Waals surface area contributed by atoms with E-state index in [-0.39, 0.29) is 11.7 Å². The van der Waals surface area contributed by atoms with Gasteiger partial charge in [-0.15, -0.1) is 10.2 Å². The summed E-state index contributed by atoms with van der Waals surface area (Å²) >= 11 is 7.46. The molecule has 0 saturated heterocycles. The first-order valence-corrected chi connectivity index (χ1v) is 13.3. The molecule has 3 aromatic rings. The Kier molecular flexibility index (Phi) is 10.8. The summed E-state index contributed by atoms with van der Waals surface area (Å²) < 4.78 is 7.72. The zero-order valence-corrected chi connectivity index (χ0v) is 21.5. The third kappa shape index (κ3) is 7.77. The van der Waals surface area contributed by atoms with Crippen molar-refractivity contribution >= 4 is 35.0 Å². The predicted molar refractivity (Wildman–Crippen MR) is 141 cm³/mol. The van der Waals surface area contributed by atoms with Gasteiger partial charge in [-0.2, -0.15) is 0 Å². The molecule has 0 aliphatic rings.